The smallest absolute Gasteiger partial charge is 0.252 e. The van der Waals surface area contributed by atoms with Crippen molar-refractivity contribution in [3.8, 4) is 0 Å². The second-order valence-electron chi connectivity index (χ2n) is 8.13. The molecule has 1 amide bonds. The lowest BCUT2D eigenvalue weighted by molar-refractivity contribution is 0.0952. The number of benzene rings is 2. The molecule has 31 heavy (non-hydrogen) atoms. The number of nitrogens with zero attached hydrogens (tertiary/aromatic N) is 2. The average Bonchev–Trinajstić information content (AvgIpc) is 2.78. The van der Waals surface area contributed by atoms with Crippen LogP contribution in [0.15, 0.2) is 53.4 Å². The number of fused-ring (bicyclic) bond motifs is 1. The minimum Gasteiger partial charge on any atom is -0.348 e. The number of hydrogen-bond donors (Lipinski definition) is 1. The lowest BCUT2D eigenvalue weighted by Crippen LogP contribution is -2.35. The van der Waals surface area contributed by atoms with Crippen molar-refractivity contribution in [1.82, 2.24) is 14.6 Å². The predicted octanol–water partition coefficient (Wildman–Crippen LogP) is 3.96. The van der Waals surface area contributed by atoms with Crippen LogP contribution in [0, 0.1) is 13.8 Å². The number of rotatable bonds is 5. The molecular formula is C24H27N3O3S. The molecule has 6 nitrogen and oxygen atoms in total. The molecule has 0 unspecified atom stereocenters. The molecule has 0 saturated carbocycles. The number of aromatic nitrogens is 1. The van der Waals surface area contributed by atoms with Crippen LogP contribution >= 0.6 is 0 Å². The topological polar surface area (TPSA) is 79.4 Å². The van der Waals surface area contributed by atoms with Gasteiger partial charge in [-0.25, -0.2) is 8.42 Å². The largest absolute Gasteiger partial charge is 0.348 e. The fourth-order valence-electron chi connectivity index (χ4n) is 4.01. The quantitative estimate of drug-likeness (QED) is 0.655. The maximum atomic E-state index is 13.0. The number of carbonyl (C=O) groups is 1. The zero-order valence-electron chi connectivity index (χ0n) is 17.9. The number of sulfonamides is 1. The van der Waals surface area contributed by atoms with Gasteiger partial charge in [0, 0.05) is 30.7 Å². The first-order valence-corrected chi connectivity index (χ1v) is 12.0. The van der Waals surface area contributed by atoms with E-state index in [1.165, 1.54) is 0 Å². The first-order chi connectivity index (χ1) is 14.8. The first kappa shape index (κ1) is 21.5. The van der Waals surface area contributed by atoms with Crippen molar-refractivity contribution in [2.45, 2.75) is 44.6 Å². The summed E-state index contributed by atoms with van der Waals surface area (Å²) in [7, 11) is -3.50. The van der Waals surface area contributed by atoms with Gasteiger partial charge in [0.15, 0.2) is 0 Å². The molecule has 0 spiro atoms. The average molecular weight is 438 g/mol. The number of piperidine rings is 1. The Hall–Kier alpha value is -2.77. The molecule has 3 aromatic rings. The third-order valence-corrected chi connectivity index (χ3v) is 7.54. The van der Waals surface area contributed by atoms with Gasteiger partial charge in [0.25, 0.3) is 5.91 Å². The van der Waals surface area contributed by atoms with E-state index in [9.17, 15) is 13.2 Å². The maximum Gasteiger partial charge on any atom is 0.252 e. The Balaban J connectivity index is 1.54. The monoisotopic (exact) mass is 437 g/mol. The van der Waals surface area contributed by atoms with E-state index in [2.05, 4.69) is 10.3 Å². The Bertz CT molecular complexity index is 1230. The molecule has 2 heterocycles. The van der Waals surface area contributed by atoms with Crippen molar-refractivity contribution in [3.63, 3.8) is 0 Å². The van der Waals surface area contributed by atoms with Gasteiger partial charge in [0.2, 0.25) is 10.0 Å². The summed E-state index contributed by atoms with van der Waals surface area (Å²) in [5, 5.41) is 3.75. The van der Waals surface area contributed by atoms with Gasteiger partial charge < -0.3 is 5.32 Å². The third-order valence-electron chi connectivity index (χ3n) is 5.64. The number of nitrogens with one attached hydrogen (secondary N) is 1. The zero-order chi connectivity index (χ0) is 22.0. The van der Waals surface area contributed by atoms with Crippen molar-refractivity contribution < 1.29 is 13.2 Å². The molecule has 1 fully saturated rings. The fourth-order valence-corrected chi connectivity index (χ4v) is 5.60. The Morgan fingerprint density at radius 1 is 1.03 bits per heavy atom. The van der Waals surface area contributed by atoms with Crippen LogP contribution in [0.3, 0.4) is 0 Å². The summed E-state index contributed by atoms with van der Waals surface area (Å²) in [5.74, 6) is -0.203. The van der Waals surface area contributed by atoms with Crippen molar-refractivity contribution in [3.05, 3.63) is 70.9 Å². The van der Waals surface area contributed by atoms with Crippen molar-refractivity contribution in [2.75, 3.05) is 13.1 Å². The van der Waals surface area contributed by atoms with Crippen LogP contribution in [0.2, 0.25) is 0 Å². The van der Waals surface area contributed by atoms with E-state index >= 15 is 0 Å². The third kappa shape index (κ3) is 4.62. The van der Waals surface area contributed by atoms with Gasteiger partial charge in [-0.2, -0.15) is 4.31 Å². The normalized spacial score (nSPS) is 15.2. The van der Waals surface area contributed by atoms with Crippen molar-refractivity contribution in [2.24, 2.45) is 0 Å². The lowest BCUT2D eigenvalue weighted by atomic mass is 10.0. The number of aryl methyl sites for hydroxylation is 2. The van der Waals surface area contributed by atoms with Gasteiger partial charge >= 0.3 is 0 Å². The molecule has 1 N–H and O–H groups in total. The van der Waals surface area contributed by atoms with Gasteiger partial charge in [-0.05, 0) is 62.6 Å². The van der Waals surface area contributed by atoms with Crippen LogP contribution < -0.4 is 5.32 Å². The number of hydrogen-bond acceptors (Lipinski definition) is 4. The molecule has 0 radical (unpaired) electrons. The summed E-state index contributed by atoms with van der Waals surface area (Å²) >= 11 is 0. The van der Waals surface area contributed by atoms with Crippen LogP contribution in [0.25, 0.3) is 10.9 Å². The summed E-state index contributed by atoms with van der Waals surface area (Å²) in [4.78, 5) is 17.7. The molecule has 1 aliphatic rings. The summed E-state index contributed by atoms with van der Waals surface area (Å²) in [6.07, 6.45) is 2.86. The number of amides is 1. The van der Waals surface area contributed by atoms with E-state index in [-0.39, 0.29) is 17.3 Å². The minimum atomic E-state index is -3.50. The van der Waals surface area contributed by atoms with Crippen molar-refractivity contribution >= 4 is 26.8 Å². The number of pyridine rings is 1. The van der Waals surface area contributed by atoms with Gasteiger partial charge in [0.1, 0.15) is 0 Å². The SMILES string of the molecule is Cc1ccc2nc(C)cc(C(=O)NCc3cccc(S(=O)(=O)N4CCCCC4)c3)c2c1. The molecule has 7 heteroatoms. The molecule has 0 aliphatic carbocycles. The fraction of sp³-hybridized carbons (Fsp3) is 0.333. The van der Waals surface area contributed by atoms with E-state index in [0.29, 0.717) is 18.7 Å². The number of carbonyl (C=O) groups excluding carboxylic acids is 1. The summed E-state index contributed by atoms with van der Waals surface area (Å²) in [6.45, 7) is 5.23. The standard InChI is InChI=1S/C24H27N3O3S/c1-17-9-10-23-21(13-17)22(14-18(2)26-23)24(28)25-16-19-7-6-8-20(15-19)31(29,30)27-11-4-3-5-12-27/h6-10,13-15H,3-5,11-12,16H2,1-2H3,(H,25,28). The molecule has 1 aromatic heterocycles. The molecule has 0 atom stereocenters. The Kier molecular flexibility index (Phi) is 6.07. The zero-order valence-corrected chi connectivity index (χ0v) is 18.7. The summed E-state index contributed by atoms with van der Waals surface area (Å²) < 4.78 is 27.5. The Morgan fingerprint density at radius 2 is 1.81 bits per heavy atom. The molecule has 2 aromatic carbocycles. The maximum absolute atomic E-state index is 13.0. The summed E-state index contributed by atoms with van der Waals surface area (Å²) in [6, 6.07) is 14.5. The predicted molar refractivity (Wildman–Crippen MR) is 121 cm³/mol. The van der Waals surface area contributed by atoms with Crippen LogP contribution in [-0.4, -0.2) is 36.7 Å². The lowest BCUT2D eigenvalue weighted by Gasteiger charge is -2.26. The van der Waals surface area contributed by atoms with Gasteiger partial charge in [-0.1, -0.05) is 30.2 Å². The van der Waals surface area contributed by atoms with Gasteiger partial charge in [-0.15, -0.1) is 0 Å². The first-order valence-electron chi connectivity index (χ1n) is 10.6. The highest BCUT2D eigenvalue weighted by Crippen LogP contribution is 2.22. The highest BCUT2D eigenvalue weighted by Gasteiger charge is 2.26. The second kappa shape index (κ2) is 8.77. The van der Waals surface area contributed by atoms with E-state index in [4.69, 9.17) is 0 Å². The molecule has 0 bridgehead atoms. The van der Waals surface area contributed by atoms with E-state index in [1.54, 1.807) is 28.6 Å². The molecule has 4 rings (SSSR count). The van der Waals surface area contributed by atoms with E-state index < -0.39 is 10.0 Å². The Morgan fingerprint density at radius 3 is 2.58 bits per heavy atom. The second-order valence-corrected chi connectivity index (χ2v) is 10.1. The van der Waals surface area contributed by atoms with E-state index in [1.807, 2.05) is 38.1 Å². The Labute approximate surface area is 183 Å². The highest BCUT2D eigenvalue weighted by molar-refractivity contribution is 7.89. The van der Waals surface area contributed by atoms with Crippen LogP contribution in [0.1, 0.15) is 46.4 Å². The summed E-state index contributed by atoms with van der Waals surface area (Å²) in [5.41, 5.74) is 3.94. The van der Waals surface area contributed by atoms with Crippen LogP contribution in [0.4, 0.5) is 0 Å². The highest BCUT2D eigenvalue weighted by atomic mass is 32.2. The van der Waals surface area contributed by atoms with Crippen LogP contribution in [-0.2, 0) is 16.6 Å². The minimum absolute atomic E-state index is 0.203. The van der Waals surface area contributed by atoms with Crippen LogP contribution in [0.5, 0.6) is 0 Å². The molecule has 1 saturated heterocycles. The van der Waals surface area contributed by atoms with Gasteiger partial charge in [-0.3, -0.25) is 9.78 Å². The van der Waals surface area contributed by atoms with Gasteiger partial charge in [0.05, 0.1) is 16.0 Å². The van der Waals surface area contributed by atoms with E-state index in [0.717, 1.165) is 47.0 Å². The molecule has 162 valence electrons. The molecular weight excluding hydrogens is 410 g/mol. The van der Waals surface area contributed by atoms with Crippen molar-refractivity contribution in [1.29, 1.82) is 0 Å². The molecule has 1 aliphatic heterocycles.